The van der Waals surface area contributed by atoms with E-state index in [0.717, 1.165) is 38.0 Å². The van der Waals surface area contributed by atoms with Gasteiger partial charge in [-0.15, -0.1) is 6.42 Å². The van der Waals surface area contributed by atoms with E-state index in [4.69, 9.17) is 4.74 Å². The number of hydrogen-bond acceptors (Lipinski definition) is 4. The van der Waals surface area contributed by atoms with Crippen molar-refractivity contribution in [3.63, 3.8) is 0 Å². The molecule has 1 unspecified atom stereocenters. The van der Waals surface area contributed by atoms with Gasteiger partial charge < -0.3 is 38.4 Å². The summed E-state index contributed by atoms with van der Waals surface area (Å²) in [6.45, 7) is 4.15. The first-order valence-corrected chi connectivity index (χ1v) is 9.58. The first-order chi connectivity index (χ1) is 13.6. The van der Waals surface area contributed by atoms with E-state index in [1.807, 2.05) is 12.2 Å². The Morgan fingerprint density at radius 3 is 2.48 bits per heavy atom. The summed E-state index contributed by atoms with van der Waals surface area (Å²) < 4.78 is 5.26. The SMILES string of the molecule is CC(=O)NCC1CN(c2c[c-]c(N3CC[CH-]CC3)[c-]c2)C(=O)O1.[C-]1=CC=CC1.[U].[V].[W+2]. The second-order valence-electron chi connectivity index (χ2n) is 6.76. The van der Waals surface area contributed by atoms with E-state index in [9.17, 15) is 9.59 Å². The van der Waals surface area contributed by atoms with Crippen LogP contribution in [0.3, 0.4) is 0 Å². The minimum Gasteiger partial charge on any atom is -0.443 e. The molecule has 2 saturated heterocycles. The minimum absolute atomic E-state index is 0. The van der Waals surface area contributed by atoms with Crippen LogP contribution in [0.4, 0.5) is 16.2 Å². The molecule has 1 N–H and O–H groups in total. The molecule has 1 aliphatic carbocycles. The van der Waals surface area contributed by atoms with Gasteiger partial charge in [-0.2, -0.15) is 24.6 Å². The Balaban J connectivity index is 0.000000995. The van der Waals surface area contributed by atoms with E-state index < -0.39 is 6.09 Å². The minimum atomic E-state index is -0.400. The van der Waals surface area contributed by atoms with Crippen molar-refractivity contribution in [2.45, 2.75) is 32.3 Å². The molecule has 1 atom stereocenters. The number of nitrogens with one attached hydrogen (secondary N) is 1. The van der Waals surface area contributed by atoms with Gasteiger partial charge >= 0.3 is 27.2 Å². The molecule has 0 saturated carbocycles. The standard InChI is InChI=1S/C17H20N3O3.C5H5.U.V.W/c1-13(21)18-11-16-12-20(17(22)23-16)15-7-5-14(6-8-15)19-9-3-2-4-10-19;1-2-4-5-3-1;;;/h2,7-8,16H,3-4,9-12H2,1H3,(H,18,21);1-3H,4H2;;;/q-3;-1;;;+2. The average molecular weight is 852 g/mol. The smallest absolute Gasteiger partial charge is 0.443 e. The van der Waals surface area contributed by atoms with Crippen LogP contribution < -0.4 is 15.1 Å². The Morgan fingerprint density at radius 2 is 1.97 bits per heavy atom. The maximum absolute atomic E-state index is 12.0. The van der Waals surface area contributed by atoms with Crippen LogP contribution in [0.15, 0.2) is 30.4 Å². The number of ether oxygens (including phenoxy) is 1. The average Bonchev–Trinajstić information content (AvgIpc) is 3.41. The van der Waals surface area contributed by atoms with Gasteiger partial charge in [0.25, 0.3) is 0 Å². The summed E-state index contributed by atoms with van der Waals surface area (Å²) in [7, 11) is 0. The molecule has 1 aromatic carbocycles. The fraction of sp³-hybridized carbons (Fsp3) is 0.409. The topological polar surface area (TPSA) is 61.9 Å². The number of carbonyl (C=O) groups excluding carboxylic acids is 2. The molecule has 2 fully saturated rings. The van der Waals surface area contributed by atoms with Crippen molar-refractivity contribution in [2.75, 3.05) is 36.0 Å². The van der Waals surface area contributed by atoms with E-state index in [1.165, 1.54) is 6.92 Å². The Morgan fingerprint density at radius 1 is 1.29 bits per heavy atom. The number of piperidine rings is 1. The molecule has 9 heteroatoms. The van der Waals surface area contributed by atoms with E-state index in [1.54, 1.807) is 17.0 Å². The summed E-state index contributed by atoms with van der Waals surface area (Å²) in [4.78, 5) is 26.7. The van der Waals surface area contributed by atoms with Crippen LogP contribution >= 0.6 is 0 Å². The van der Waals surface area contributed by atoms with Gasteiger partial charge in [0.2, 0.25) is 5.91 Å². The van der Waals surface area contributed by atoms with Crippen LogP contribution in [-0.4, -0.2) is 44.3 Å². The van der Waals surface area contributed by atoms with Crippen LogP contribution in [0.5, 0.6) is 0 Å². The third-order valence-electron chi connectivity index (χ3n) is 4.59. The molecule has 2 heterocycles. The van der Waals surface area contributed by atoms with Crippen molar-refractivity contribution in [3.8, 4) is 0 Å². The normalized spacial score (nSPS) is 18.6. The van der Waals surface area contributed by atoms with Gasteiger partial charge in [-0.25, -0.2) is 22.6 Å². The number of amides is 2. The number of cyclic esters (lactones) is 1. The third-order valence-corrected chi connectivity index (χ3v) is 4.59. The van der Waals surface area contributed by atoms with Gasteiger partial charge in [0, 0.05) is 63.1 Å². The molecule has 0 spiro atoms. The quantitative estimate of drug-likeness (QED) is 0.475. The molecule has 2 amide bonds. The summed E-state index contributed by atoms with van der Waals surface area (Å²) >= 11 is 0. The molecule has 1 radical (unpaired) electrons. The maximum atomic E-state index is 12.0. The number of allylic oxidation sites excluding steroid dienone is 4. The molecule has 6 nitrogen and oxygen atoms in total. The molecule has 1 aromatic rings. The molecular weight excluding hydrogens is 827 g/mol. The van der Waals surface area contributed by atoms with Crippen LogP contribution in [0.2, 0.25) is 0 Å². The van der Waals surface area contributed by atoms with E-state index in [2.05, 4.69) is 40.9 Å². The van der Waals surface area contributed by atoms with Crippen molar-refractivity contribution >= 4 is 23.4 Å². The zero-order valence-electron chi connectivity index (χ0n) is 17.5. The Hall–Kier alpha value is -0.435. The number of benzene rings is 1. The predicted octanol–water partition coefficient (Wildman–Crippen LogP) is 2.85. The zero-order valence-corrected chi connectivity index (χ0v) is 26.0. The molecule has 0 aromatic heterocycles. The van der Waals surface area contributed by atoms with Crippen molar-refractivity contribution in [1.29, 1.82) is 0 Å². The Labute approximate surface area is 235 Å². The summed E-state index contributed by atoms with van der Waals surface area (Å²) in [6.07, 6.45) is 13.7. The maximum Gasteiger partial charge on any atom is 2.00 e. The molecule has 163 valence electrons. The molecular formula is C22H25N3O3UVW-2. The first kappa shape index (κ1) is 30.6. The summed E-state index contributed by atoms with van der Waals surface area (Å²) in [6, 6.07) is 10.0. The van der Waals surface area contributed by atoms with E-state index in [-0.39, 0.29) is 82.7 Å². The summed E-state index contributed by atoms with van der Waals surface area (Å²) in [5.74, 6) is -0.135. The Bertz CT molecular complexity index is 730. The van der Waals surface area contributed by atoms with Crippen molar-refractivity contribution < 1.29 is 85.1 Å². The third kappa shape index (κ3) is 9.93. The predicted molar refractivity (Wildman–Crippen MR) is 108 cm³/mol. The largest absolute Gasteiger partial charge is 2.00 e. The number of nitrogens with zero attached hydrogens (tertiary/aromatic N) is 2. The number of rotatable bonds is 4. The number of hydrogen-bond donors (Lipinski definition) is 1. The van der Waals surface area contributed by atoms with Crippen molar-refractivity contribution in [2.24, 2.45) is 0 Å². The van der Waals surface area contributed by atoms with Crippen LogP contribution in [0, 0.1) is 55.7 Å². The first-order valence-electron chi connectivity index (χ1n) is 9.58. The van der Waals surface area contributed by atoms with Gasteiger partial charge in [0.1, 0.15) is 6.10 Å². The van der Waals surface area contributed by atoms with E-state index >= 15 is 0 Å². The molecule has 4 rings (SSSR count). The second kappa shape index (κ2) is 16.2. The van der Waals surface area contributed by atoms with E-state index in [0.29, 0.717) is 18.8 Å². The van der Waals surface area contributed by atoms with Gasteiger partial charge in [0.05, 0.1) is 6.54 Å². The number of carbonyl (C=O) groups is 2. The monoisotopic (exact) mass is 852 g/mol. The number of anilines is 2. The van der Waals surface area contributed by atoms with Crippen molar-refractivity contribution in [3.05, 3.63) is 55.0 Å². The fourth-order valence-corrected chi connectivity index (χ4v) is 3.12. The Kier molecular flexibility index (Phi) is 16.0. The van der Waals surface area contributed by atoms with Gasteiger partial charge in [-0.3, -0.25) is 23.0 Å². The van der Waals surface area contributed by atoms with Gasteiger partial charge in [-0.05, 0) is 13.1 Å². The molecule has 0 bridgehead atoms. The summed E-state index contributed by atoms with van der Waals surface area (Å²) in [5.41, 5.74) is 1.65. The molecule has 31 heavy (non-hydrogen) atoms. The second-order valence-corrected chi connectivity index (χ2v) is 6.76. The van der Waals surface area contributed by atoms with Crippen LogP contribution in [0.1, 0.15) is 26.2 Å². The van der Waals surface area contributed by atoms with Gasteiger partial charge in [0.15, 0.2) is 0 Å². The fourth-order valence-electron chi connectivity index (χ4n) is 3.12. The van der Waals surface area contributed by atoms with Crippen molar-refractivity contribution in [1.82, 2.24) is 5.32 Å². The van der Waals surface area contributed by atoms with Crippen LogP contribution in [0.25, 0.3) is 0 Å². The van der Waals surface area contributed by atoms with Crippen LogP contribution in [-0.2, 0) is 49.2 Å². The van der Waals surface area contributed by atoms with Gasteiger partial charge in [-0.1, -0.05) is 0 Å². The molecule has 3 aliphatic rings. The molecule has 2 aliphatic heterocycles. The zero-order chi connectivity index (χ0) is 19.8. The summed E-state index contributed by atoms with van der Waals surface area (Å²) in [5, 5.41) is 2.66.